The smallest absolute Gasteiger partial charge is 0.269 e. The van der Waals surface area contributed by atoms with Crippen molar-refractivity contribution in [2.24, 2.45) is 0 Å². The number of amides is 1. The maximum atomic E-state index is 12.9. The lowest BCUT2D eigenvalue weighted by molar-refractivity contribution is 0.0876. The summed E-state index contributed by atoms with van der Waals surface area (Å²) in [6.45, 7) is 6.24. The number of carbonyl (C=O) groups excluding carboxylic acids is 1. The lowest BCUT2D eigenvalue weighted by Crippen LogP contribution is -2.32. The molecule has 0 radical (unpaired) electrons. The van der Waals surface area contributed by atoms with Crippen LogP contribution in [0.2, 0.25) is 0 Å². The summed E-state index contributed by atoms with van der Waals surface area (Å²) in [6.07, 6.45) is 0. The van der Waals surface area contributed by atoms with Gasteiger partial charge in [0.05, 0.1) is 10.9 Å². The molecule has 0 fully saturated rings. The van der Waals surface area contributed by atoms with E-state index in [0.29, 0.717) is 27.7 Å². The number of sulfonamides is 1. The highest BCUT2D eigenvalue weighted by molar-refractivity contribution is 7.99. The topological polar surface area (TPSA) is 89.3 Å². The van der Waals surface area contributed by atoms with Crippen LogP contribution in [-0.2, 0) is 16.6 Å². The van der Waals surface area contributed by atoms with Gasteiger partial charge in [-0.3, -0.25) is 14.2 Å². The molecule has 1 aromatic carbocycles. The minimum absolute atomic E-state index is 0.0145. The number of aromatic nitrogens is 2. The number of rotatable bonds is 5. The first-order valence-electron chi connectivity index (χ1n) is 9.06. The van der Waals surface area contributed by atoms with Crippen molar-refractivity contribution in [3.8, 4) is 0 Å². The highest BCUT2D eigenvalue weighted by atomic mass is 32.2. The van der Waals surface area contributed by atoms with Crippen LogP contribution < -0.4 is 5.56 Å². The normalized spacial score (nSPS) is 15.3. The van der Waals surface area contributed by atoms with Gasteiger partial charge < -0.3 is 0 Å². The molecular weight excluding hydrogens is 430 g/mol. The molecule has 3 heterocycles. The number of aryl methyl sites for hydroxylation is 2. The fourth-order valence-corrected chi connectivity index (χ4v) is 7.11. The molecule has 0 bridgehead atoms. The Labute approximate surface area is 176 Å². The second kappa shape index (κ2) is 7.26. The molecule has 10 heteroatoms. The highest BCUT2D eigenvalue weighted by Gasteiger charge is 2.40. The fourth-order valence-electron chi connectivity index (χ4n) is 3.37. The Kier molecular flexibility index (Phi) is 5.04. The summed E-state index contributed by atoms with van der Waals surface area (Å²) >= 11 is 2.76. The predicted molar refractivity (Wildman–Crippen MR) is 114 cm³/mol. The van der Waals surface area contributed by atoms with Gasteiger partial charge in [-0.15, -0.1) is 11.3 Å². The first kappa shape index (κ1) is 20.1. The van der Waals surface area contributed by atoms with Gasteiger partial charge in [-0.1, -0.05) is 23.9 Å². The first-order chi connectivity index (χ1) is 13.8. The van der Waals surface area contributed by atoms with Gasteiger partial charge in [-0.25, -0.2) is 17.7 Å². The largest absolute Gasteiger partial charge is 0.287 e. The second-order valence-corrected chi connectivity index (χ2v) is 10.7. The van der Waals surface area contributed by atoms with Gasteiger partial charge in [0.1, 0.15) is 9.73 Å². The van der Waals surface area contributed by atoms with Crippen LogP contribution in [0, 0.1) is 13.8 Å². The van der Waals surface area contributed by atoms with Crippen LogP contribution in [0.4, 0.5) is 0 Å². The number of hydrogen-bond donors (Lipinski definition) is 0. The molecule has 29 heavy (non-hydrogen) atoms. The molecule has 0 spiro atoms. The number of nitrogens with zero attached hydrogens (tertiary/aromatic N) is 3. The Balaban J connectivity index is 1.60. The van der Waals surface area contributed by atoms with Gasteiger partial charge in [-0.2, -0.15) is 0 Å². The van der Waals surface area contributed by atoms with Gasteiger partial charge in [0.15, 0.2) is 5.16 Å². The van der Waals surface area contributed by atoms with Crippen molar-refractivity contribution in [2.75, 3.05) is 12.3 Å². The standard InChI is InChI=1S/C19H19N3O4S3/c1-4-21-18(24)15-11(2)12(3)28-16(15)20-19(21)27-10-9-22-17(23)13-7-5-6-8-14(13)29(22,25)26/h5-8H,4,9-10H2,1-3H3. The van der Waals surface area contributed by atoms with E-state index < -0.39 is 15.9 Å². The van der Waals surface area contributed by atoms with E-state index in [9.17, 15) is 18.0 Å². The Morgan fingerprint density at radius 3 is 2.59 bits per heavy atom. The summed E-state index contributed by atoms with van der Waals surface area (Å²) in [5.74, 6) is -0.206. The third kappa shape index (κ3) is 3.10. The van der Waals surface area contributed by atoms with E-state index in [0.717, 1.165) is 14.7 Å². The molecule has 1 amide bonds. The SMILES string of the molecule is CCn1c(SCCN2C(=O)c3ccccc3S2(=O)=O)nc2sc(C)c(C)c2c1=O. The molecule has 0 N–H and O–H groups in total. The molecule has 0 atom stereocenters. The first-order valence-corrected chi connectivity index (χ1v) is 12.3. The minimum atomic E-state index is -3.83. The summed E-state index contributed by atoms with van der Waals surface area (Å²) in [7, 11) is -3.83. The zero-order valence-corrected chi connectivity index (χ0v) is 18.6. The maximum Gasteiger partial charge on any atom is 0.269 e. The van der Waals surface area contributed by atoms with E-state index in [1.807, 2.05) is 20.8 Å². The van der Waals surface area contributed by atoms with E-state index in [2.05, 4.69) is 4.98 Å². The fraction of sp³-hybridized carbons (Fsp3) is 0.316. The Bertz CT molecular complexity index is 1310. The summed E-state index contributed by atoms with van der Waals surface area (Å²) in [5, 5.41) is 1.18. The summed E-state index contributed by atoms with van der Waals surface area (Å²) in [5.41, 5.74) is 1.07. The number of carbonyl (C=O) groups is 1. The molecule has 1 aliphatic heterocycles. The van der Waals surface area contributed by atoms with Gasteiger partial charge >= 0.3 is 0 Å². The Morgan fingerprint density at radius 2 is 1.90 bits per heavy atom. The predicted octanol–water partition coefficient (Wildman–Crippen LogP) is 3.03. The monoisotopic (exact) mass is 449 g/mol. The lowest BCUT2D eigenvalue weighted by atomic mass is 10.2. The van der Waals surface area contributed by atoms with Crippen LogP contribution in [0.5, 0.6) is 0 Å². The third-order valence-corrected chi connectivity index (χ3v) is 8.91. The maximum absolute atomic E-state index is 12.9. The molecule has 0 unspecified atom stereocenters. The van der Waals surface area contributed by atoms with Crippen molar-refractivity contribution in [3.63, 3.8) is 0 Å². The van der Waals surface area contributed by atoms with Crippen LogP contribution in [0.3, 0.4) is 0 Å². The Morgan fingerprint density at radius 1 is 1.17 bits per heavy atom. The van der Waals surface area contributed by atoms with Crippen LogP contribution in [0.25, 0.3) is 10.2 Å². The van der Waals surface area contributed by atoms with Gasteiger partial charge in [0.25, 0.3) is 21.5 Å². The lowest BCUT2D eigenvalue weighted by Gasteiger charge is -2.15. The number of hydrogen-bond acceptors (Lipinski definition) is 7. The molecule has 0 saturated carbocycles. The molecule has 0 saturated heterocycles. The molecule has 7 nitrogen and oxygen atoms in total. The van der Waals surface area contributed by atoms with Crippen LogP contribution in [0.15, 0.2) is 39.1 Å². The molecule has 152 valence electrons. The summed E-state index contributed by atoms with van der Waals surface area (Å²) < 4.78 is 27.8. The van der Waals surface area contributed by atoms with Gasteiger partial charge in [0.2, 0.25) is 0 Å². The highest BCUT2D eigenvalue weighted by Crippen LogP contribution is 2.31. The quantitative estimate of drug-likeness (QED) is 0.439. The molecule has 0 aliphatic carbocycles. The number of benzene rings is 1. The number of fused-ring (bicyclic) bond motifs is 2. The molecule has 2 aromatic heterocycles. The van der Waals surface area contributed by atoms with Crippen molar-refractivity contribution >= 4 is 49.2 Å². The summed E-state index contributed by atoms with van der Waals surface area (Å²) in [6, 6.07) is 6.22. The van der Waals surface area contributed by atoms with E-state index in [1.165, 1.54) is 35.2 Å². The molecule has 1 aliphatic rings. The van der Waals surface area contributed by atoms with Crippen molar-refractivity contribution in [1.82, 2.24) is 13.9 Å². The van der Waals surface area contributed by atoms with Crippen molar-refractivity contribution in [1.29, 1.82) is 0 Å². The van der Waals surface area contributed by atoms with Crippen LogP contribution >= 0.6 is 23.1 Å². The van der Waals surface area contributed by atoms with Gasteiger partial charge in [-0.05, 0) is 38.5 Å². The van der Waals surface area contributed by atoms with Crippen molar-refractivity contribution < 1.29 is 13.2 Å². The average molecular weight is 450 g/mol. The van der Waals surface area contributed by atoms with E-state index in [4.69, 9.17) is 0 Å². The van der Waals surface area contributed by atoms with Crippen molar-refractivity contribution in [2.45, 2.75) is 37.4 Å². The molecule has 4 rings (SSSR count). The number of thioether (sulfide) groups is 1. The third-order valence-electron chi connectivity index (χ3n) is 5.01. The van der Waals surface area contributed by atoms with E-state index in [1.54, 1.807) is 16.7 Å². The van der Waals surface area contributed by atoms with Crippen LogP contribution in [0.1, 0.15) is 27.7 Å². The van der Waals surface area contributed by atoms with E-state index >= 15 is 0 Å². The molecular formula is C19H19N3O4S3. The van der Waals surface area contributed by atoms with Gasteiger partial charge in [0, 0.05) is 23.7 Å². The van der Waals surface area contributed by atoms with Crippen molar-refractivity contribution in [3.05, 3.63) is 50.6 Å². The van der Waals surface area contributed by atoms with E-state index in [-0.39, 0.29) is 22.6 Å². The number of thiophene rings is 1. The van der Waals surface area contributed by atoms with Crippen LogP contribution in [-0.4, -0.2) is 40.5 Å². The zero-order chi connectivity index (χ0) is 20.9. The average Bonchev–Trinajstić information content (AvgIpc) is 3.08. The second-order valence-electron chi connectivity index (χ2n) is 6.63. The summed E-state index contributed by atoms with van der Waals surface area (Å²) in [4.78, 5) is 31.8. The minimum Gasteiger partial charge on any atom is -0.287 e. The molecule has 3 aromatic rings. The Hall–Kier alpha value is -2.17. The zero-order valence-electron chi connectivity index (χ0n) is 16.1.